The smallest absolute Gasteiger partial charge is 0.252 e. The second-order valence-corrected chi connectivity index (χ2v) is 7.63. The van der Waals surface area contributed by atoms with E-state index in [1.54, 1.807) is 12.1 Å². The van der Waals surface area contributed by atoms with Crippen molar-refractivity contribution in [3.63, 3.8) is 0 Å². The Morgan fingerprint density at radius 1 is 1.00 bits per heavy atom. The predicted octanol–water partition coefficient (Wildman–Crippen LogP) is 3.75. The fourth-order valence-corrected chi connectivity index (χ4v) is 2.49. The number of amides is 2. The van der Waals surface area contributed by atoms with Crippen molar-refractivity contribution in [1.29, 1.82) is 0 Å². The molecule has 0 aliphatic rings. The van der Waals surface area contributed by atoms with Gasteiger partial charge in [-0.15, -0.1) is 0 Å². The van der Waals surface area contributed by atoms with E-state index in [9.17, 15) is 9.59 Å². The molecule has 6 heteroatoms. The van der Waals surface area contributed by atoms with Gasteiger partial charge < -0.3 is 5.32 Å². The largest absolute Gasteiger partial charge is 0.346 e. The number of hydrogen-bond donors (Lipinski definition) is 2. The first-order valence-electron chi connectivity index (χ1n) is 8.24. The van der Waals surface area contributed by atoms with Gasteiger partial charge in [0, 0.05) is 9.89 Å². The number of hydrazone groups is 1. The third kappa shape index (κ3) is 5.52. The summed E-state index contributed by atoms with van der Waals surface area (Å²) in [5, 5.41) is 7.09. The van der Waals surface area contributed by atoms with E-state index < -0.39 is 5.41 Å². The number of hydrogen-bond acceptors (Lipinski definition) is 3. The van der Waals surface area contributed by atoms with Crippen LogP contribution in [-0.4, -0.2) is 24.1 Å². The standard InChI is InChI=1S/C20H22BrN3O2/c1-20(2,3)19(26)24-23-17(14-9-5-4-6-10-14)13-22-18(25)15-11-7-8-12-16(15)21/h4-12H,13H2,1-3H3,(H,22,25)(H,24,26)/b23-17-. The van der Waals surface area contributed by atoms with Gasteiger partial charge in [0.15, 0.2) is 0 Å². The van der Waals surface area contributed by atoms with Gasteiger partial charge in [-0.05, 0) is 33.6 Å². The molecule has 0 unspecified atom stereocenters. The molecule has 0 atom stereocenters. The molecule has 0 saturated carbocycles. The zero-order chi connectivity index (χ0) is 19.2. The molecular weight excluding hydrogens is 394 g/mol. The Kier molecular flexibility index (Phi) is 6.69. The summed E-state index contributed by atoms with van der Waals surface area (Å²) in [5.74, 6) is -0.411. The first-order valence-corrected chi connectivity index (χ1v) is 9.03. The zero-order valence-electron chi connectivity index (χ0n) is 15.0. The van der Waals surface area contributed by atoms with Gasteiger partial charge in [-0.1, -0.05) is 63.2 Å². The Bertz CT molecular complexity index is 811. The van der Waals surface area contributed by atoms with E-state index in [0.717, 1.165) is 10.0 Å². The summed E-state index contributed by atoms with van der Waals surface area (Å²) in [7, 11) is 0. The van der Waals surface area contributed by atoms with Crippen molar-refractivity contribution < 1.29 is 9.59 Å². The minimum atomic E-state index is -0.552. The van der Waals surface area contributed by atoms with Gasteiger partial charge in [-0.2, -0.15) is 5.10 Å². The van der Waals surface area contributed by atoms with E-state index in [-0.39, 0.29) is 18.4 Å². The third-order valence-corrected chi connectivity index (χ3v) is 4.31. The van der Waals surface area contributed by atoms with Crippen LogP contribution in [0.25, 0.3) is 0 Å². The summed E-state index contributed by atoms with van der Waals surface area (Å²) in [6.07, 6.45) is 0. The fourth-order valence-electron chi connectivity index (χ4n) is 2.03. The number of carbonyl (C=O) groups is 2. The SMILES string of the molecule is CC(C)(C)C(=O)N/N=C(/CNC(=O)c1ccccc1Br)c1ccccc1. The Labute approximate surface area is 162 Å². The van der Waals surface area contributed by atoms with E-state index in [1.807, 2.05) is 63.2 Å². The van der Waals surface area contributed by atoms with Crippen LogP contribution in [-0.2, 0) is 4.79 Å². The number of nitrogens with zero attached hydrogens (tertiary/aromatic N) is 1. The van der Waals surface area contributed by atoms with Gasteiger partial charge in [-0.3, -0.25) is 9.59 Å². The highest BCUT2D eigenvalue weighted by molar-refractivity contribution is 9.10. The summed E-state index contributed by atoms with van der Waals surface area (Å²) >= 11 is 3.37. The molecule has 0 fully saturated rings. The lowest BCUT2D eigenvalue weighted by Gasteiger charge is -2.16. The first-order chi connectivity index (χ1) is 12.3. The third-order valence-electron chi connectivity index (χ3n) is 3.62. The van der Waals surface area contributed by atoms with E-state index in [4.69, 9.17) is 0 Å². The minimum Gasteiger partial charge on any atom is -0.346 e. The lowest BCUT2D eigenvalue weighted by molar-refractivity contribution is -0.128. The Morgan fingerprint density at radius 3 is 2.23 bits per heavy atom. The molecule has 0 bridgehead atoms. The van der Waals surface area contributed by atoms with Crippen molar-refractivity contribution in [2.45, 2.75) is 20.8 Å². The molecular formula is C20H22BrN3O2. The number of carbonyl (C=O) groups excluding carboxylic acids is 2. The Hall–Kier alpha value is -2.47. The van der Waals surface area contributed by atoms with Crippen LogP contribution in [0, 0.1) is 5.41 Å². The molecule has 0 aromatic heterocycles. The Morgan fingerprint density at radius 2 is 1.62 bits per heavy atom. The van der Waals surface area contributed by atoms with Crippen molar-refractivity contribution in [2.75, 3.05) is 6.54 Å². The molecule has 0 radical (unpaired) electrons. The lowest BCUT2D eigenvalue weighted by atomic mass is 9.96. The summed E-state index contributed by atoms with van der Waals surface area (Å²) in [6.45, 7) is 5.63. The second-order valence-electron chi connectivity index (χ2n) is 6.78. The number of nitrogens with one attached hydrogen (secondary N) is 2. The van der Waals surface area contributed by atoms with Gasteiger partial charge in [-0.25, -0.2) is 5.43 Å². The topological polar surface area (TPSA) is 70.6 Å². The highest BCUT2D eigenvalue weighted by Gasteiger charge is 2.21. The van der Waals surface area contributed by atoms with Crippen LogP contribution >= 0.6 is 15.9 Å². The van der Waals surface area contributed by atoms with Crippen LogP contribution in [0.15, 0.2) is 64.2 Å². The molecule has 2 aromatic rings. The molecule has 2 rings (SSSR count). The average molecular weight is 416 g/mol. The molecule has 2 aromatic carbocycles. The fraction of sp³-hybridized carbons (Fsp3) is 0.250. The summed E-state index contributed by atoms with van der Waals surface area (Å²) in [4.78, 5) is 24.5. The summed E-state index contributed by atoms with van der Waals surface area (Å²) in [5.41, 5.74) is 3.97. The van der Waals surface area contributed by atoms with Crippen molar-refractivity contribution in [3.05, 3.63) is 70.2 Å². The first kappa shape index (κ1) is 19.8. The van der Waals surface area contributed by atoms with E-state index in [2.05, 4.69) is 31.8 Å². The normalized spacial score (nSPS) is 11.8. The summed E-state index contributed by atoms with van der Waals surface area (Å²) < 4.78 is 0.719. The molecule has 2 N–H and O–H groups in total. The monoisotopic (exact) mass is 415 g/mol. The Balaban J connectivity index is 2.16. The molecule has 0 aliphatic heterocycles. The molecule has 26 heavy (non-hydrogen) atoms. The highest BCUT2D eigenvalue weighted by Crippen LogP contribution is 2.15. The maximum atomic E-state index is 12.4. The molecule has 0 aliphatic carbocycles. The molecule has 0 saturated heterocycles. The van der Waals surface area contributed by atoms with Crippen molar-refractivity contribution in [2.24, 2.45) is 10.5 Å². The second kappa shape index (κ2) is 8.76. The van der Waals surface area contributed by atoms with Gasteiger partial charge in [0.05, 0.1) is 17.8 Å². The number of rotatable bonds is 5. The maximum absolute atomic E-state index is 12.4. The van der Waals surface area contributed by atoms with Crippen LogP contribution in [0.4, 0.5) is 0 Å². The van der Waals surface area contributed by atoms with Crippen molar-refractivity contribution in [3.8, 4) is 0 Å². The van der Waals surface area contributed by atoms with Crippen LogP contribution in [0.2, 0.25) is 0 Å². The van der Waals surface area contributed by atoms with E-state index in [0.29, 0.717) is 11.3 Å². The minimum absolute atomic E-state index is 0.189. The van der Waals surface area contributed by atoms with Gasteiger partial charge >= 0.3 is 0 Å². The maximum Gasteiger partial charge on any atom is 0.252 e. The predicted molar refractivity (Wildman–Crippen MR) is 107 cm³/mol. The quantitative estimate of drug-likeness (QED) is 0.576. The average Bonchev–Trinajstić information content (AvgIpc) is 2.61. The number of benzene rings is 2. The molecule has 5 nitrogen and oxygen atoms in total. The number of halogens is 1. The summed E-state index contributed by atoms with van der Waals surface area (Å²) in [6, 6.07) is 16.6. The molecule has 0 heterocycles. The van der Waals surface area contributed by atoms with Crippen molar-refractivity contribution in [1.82, 2.24) is 10.7 Å². The van der Waals surface area contributed by atoms with Crippen LogP contribution in [0.1, 0.15) is 36.7 Å². The zero-order valence-corrected chi connectivity index (χ0v) is 16.6. The van der Waals surface area contributed by atoms with Crippen LogP contribution in [0.5, 0.6) is 0 Å². The van der Waals surface area contributed by atoms with Gasteiger partial charge in [0.25, 0.3) is 5.91 Å². The van der Waals surface area contributed by atoms with E-state index in [1.165, 1.54) is 0 Å². The lowest BCUT2D eigenvalue weighted by Crippen LogP contribution is -2.35. The van der Waals surface area contributed by atoms with Crippen LogP contribution < -0.4 is 10.7 Å². The van der Waals surface area contributed by atoms with E-state index >= 15 is 0 Å². The molecule has 136 valence electrons. The molecule has 2 amide bonds. The van der Waals surface area contributed by atoms with Gasteiger partial charge in [0.2, 0.25) is 5.91 Å². The van der Waals surface area contributed by atoms with Gasteiger partial charge in [0.1, 0.15) is 0 Å². The molecule has 0 spiro atoms. The van der Waals surface area contributed by atoms with Crippen molar-refractivity contribution >= 4 is 33.5 Å². The van der Waals surface area contributed by atoms with Crippen LogP contribution in [0.3, 0.4) is 0 Å². The highest BCUT2D eigenvalue weighted by atomic mass is 79.9.